The first-order valence-corrected chi connectivity index (χ1v) is 7.03. The lowest BCUT2D eigenvalue weighted by atomic mass is 10.1. The fourth-order valence-electron chi connectivity index (χ4n) is 2.11. The lowest BCUT2D eigenvalue weighted by molar-refractivity contribution is -0.166. The van der Waals surface area contributed by atoms with E-state index in [-0.39, 0.29) is 12.2 Å². The van der Waals surface area contributed by atoms with Gasteiger partial charge in [0.2, 0.25) is 5.78 Å². The fraction of sp³-hybridized carbons (Fsp3) is 0.222. The average Bonchev–Trinajstić information content (AvgIpc) is 2.53. The molecule has 0 saturated carbocycles. The molecule has 0 aromatic heterocycles. The molecule has 0 saturated heterocycles. The molecule has 2 aromatic rings. The summed E-state index contributed by atoms with van der Waals surface area (Å²) in [4.78, 5) is 23.4. The highest BCUT2D eigenvalue weighted by atomic mass is 19.3. The molecular weight excluding hydrogens is 302 g/mol. The van der Waals surface area contributed by atoms with Crippen molar-refractivity contribution in [2.45, 2.75) is 26.4 Å². The SMILES string of the molecule is Cc1ccc(COC(=O)C(F)(F)C(=O)c2ccccc2)c(C)c1. The van der Waals surface area contributed by atoms with E-state index in [1.54, 1.807) is 25.1 Å². The van der Waals surface area contributed by atoms with Gasteiger partial charge in [0.25, 0.3) is 0 Å². The van der Waals surface area contributed by atoms with Gasteiger partial charge in [0.1, 0.15) is 6.61 Å². The minimum Gasteiger partial charge on any atom is -0.456 e. The Hall–Kier alpha value is -2.56. The van der Waals surface area contributed by atoms with Gasteiger partial charge in [-0.05, 0) is 25.0 Å². The molecule has 0 bridgehead atoms. The summed E-state index contributed by atoms with van der Waals surface area (Å²) in [7, 11) is 0. The summed E-state index contributed by atoms with van der Waals surface area (Å²) >= 11 is 0. The molecule has 2 aromatic carbocycles. The number of carbonyl (C=O) groups excluding carboxylic acids is 2. The van der Waals surface area contributed by atoms with E-state index in [0.717, 1.165) is 11.1 Å². The highest BCUT2D eigenvalue weighted by Crippen LogP contribution is 2.23. The average molecular weight is 318 g/mol. The van der Waals surface area contributed by atoms with Gasteiger partial charge >= 0.3 is 11.9 Å². The fourth-order valence-corrected chi connectivity index (χ4v) is 2.11. The molecule has 0 spiro atoms. The van der Waals surface area contributed by atoms with Gasteiger partial charge in [0.05, 0.1) is 0 Å². The van der Waals surface area contributed by atoms with Crippen molar-refractivity contribution in [1.29, 1.82) is 0 Å². The Balaban J connectivity index is 2.08. The molecule has 0 fully saturated rings. The third kappa shape index (κ3) is 3.80. The van der Waals surface area contributed by atoms with Crippen LogP contribution < -0.4 is 0 Å². The normalized spacial score (nSPS) is 11.1. The molecule has 0 N–H and O–H groups in total. The molecule has 2 rings (SSSR count). The van der Waals surface area contributed by atoms with E-state index >= 15 is 0 Å². The zero-order chi connectivity index (χ0) is 17.0. The molecule has 0 aliphatic heterocycles. The number of ether oxygens (including phenoxy) is 1. The van der Waals surface area contributed by atoms with Gasteiger partial charge in [0.15, 0.2) is 0 Å². The minimum absolute atomic E-state index is 0.235. The van der Waals surface area contributed by atoms with Crippen molar-refractivity contribution >= 4 is 11.8 Å². The molecule has 0 atom stereocenters. The van der Waals surface area contributed by atoms with Gasteiger partial charge < -0.3 is 4.74 Å². The zero-order valence-electron chi connectivity index (χ0n) is 12.8. The number of Topliss-reactive ketones (excluding diaryl/α,β-unsaturated/α-hetero) is 1. The van der Waals surface area contributed by atoms with Crippen molar-refractivity contribution in [3.05, 3.63) is 70.8 Å². The number of carbonyl (C=O) groups is 2. The van der Waals surface area contributed by atoms with Crippen LogP contribution in [0, 0.1) is 13.8 Å². The Kier molecular flexibility index (Phi) is 4.89. The molecular formula is C18H16F2O3. The summed E-state index contributed by atoms with van der Waals surface area (Å²) in [5.74, 6) is -7.62. The van der Waals surface area contributed by atoms with Crippen molar-refractivity contribution in [1.82, 2.24) is 0 Å². The minimum atomic E-state index is -4.21. The van der Waals surface area contributed by atoms with Crippen molar-refractivity contribution in [2.75, 3.05) is 0 Å². The van der Waals surface area contributed by atoms with Crippen LogP contribution in [0.5, 0.6) is 0 Å². The number of ketones is 1. The van der Waals surface area contributed by atoms with Gasteiger partial charge in [-0.2, -0.15) is 8.78 Å². The maximum Gasteiger partial charge on any atom is 0.404 e. The first-order chi connectivity index (χ1) is 10.8. The monoisotopic (exact) mass is 318 g/mol. The maximum absolute atomic E-state index is 13.9. The molecule has 23 heavy (non-hydrogen) atoms. The van der Waals surface area contributed by atoms with Crippen molar-refractivity contribution in [3.8, 4) is 0 Å². The summed E-state index contributed by atoms with van der Waals surface area (Å²) in [6.07, 6.45) is 0. The molecule has 0 aliphatic rings. The van der Waals surface area contributed by atoms with Gasteiger partial charge in [-0.25, -0.2) is 4.79 Å². The van der Waals surface area contributed by atoms with Crippen LogP contribution in [0.3, 0.4) is 0 Å². The standard InChI is InChI=1S/C18H16F2O3/c1-12-8-9-15(13(2)10-12)11-23-17(22)18(19,20)16(21)14-6-4-3-5-7-14/h3-10H,11H2,1-2H3. The number of esters is 1. The highest BCUT2D eigenvalue weighted by Gasteiger charge is 2.49. The predicted octanol–water partition coefficient (Wildman–Crippen LogP) is 3.86. The van der Waals surface area contributed by atoms with Gasteiger partial charge in [0, 0.05) is 5.56 Å². The summed E-state index contributed by atoms with van der Waals surface area (Å²) in [6.45, 7) is 3.39. The van der Waals surface area contributed by atoms with Crippen LogP contribution in [-0.4, -0.2) is 17.7 Å². The van der Waals surface area contributed by atoms with Crippen LogP contribution in [0.2, 0.25) is 0 Å². The van der Waals surface area contributed by atoms with Gasteiger partial charge in [-0.3, -0.25) is 4.79 Å². The molecule has 0 unspecified atom stereocenters. The molecule has 0 amide bonds. The number of hydrogen-bond donors (Lipinski definition) is 0. The number of benzene rings is 2. The molecule has 5 heteroatoms. The van der Waals surface area contributed by atoms with E-state index in [0.29, 0.717) is 5.56 Å². The Morgan fingerprint density at radius 1 is 1.04 bits per heavy atom. The summed E-state index contributed by atoms with van der Waals surface area (Å²) in [6, 6.07) is 12.3. The van der Waals surface area contributed by atoms with Crippen LogP contribution in [0.1, 0.15) is 27.0 Å². The number of aryl methyl sites for hydroxylation is 2. The topological polar surface area (TPSA) is 43.4 Å². The first kappa shape index (κ1) is 16.8. The molecule has 0 radical (unpaired) electrons. The summed E-state index contributed by atoms with van der Waals surface area (Å²) in [5.41, 5.74) is 2.23. The molecule has 3 nitrogen and oxygen atoms in total. The van der Waals surface area contributed by atoms with Crippen LogP contribution in [0.15, 0.2) is 48.5 Å². The van der Waals surface area contributed by atoms with Crippen molar-refractivity contribution in [2.24, 2.45) is 0 Å². The molecule has 0 heterocycles. The third-order valence-corrected chi connectivity index (χ3v) is 3.43. The Morgan fingerprint density at radius 2 is 1.70 bits per heavy atom. The maximum atomic E-state index is 13.9. The Bertz CT molecular complexity index is 724. The van der Waals surface area contributed by atoms with Crippen LogP contribution >= 0.6 is 0 Å². The number of hydrogen-bond acceptors (Lipinski definition) is 3. The van der Waals surface area contributed by atoms with Crippen LogP contribution in [0.25, 0.3) is 0 Å². The lowest BCUT2D eigenvalue weighted by Gasteiger charge is -2.15. The zero-order valence-corrected chi connectivity index (χ0v) is 12.8. The second kappa shape index (κ2) is 6.69. The largest absolute Gasteiger partial charge is 0.456 e. The lowest BCUT2D eigenvalue weighted by Crippen LogP contribution is -2.39. The van der Waals surface area contributed by atoms with Gasteiger partial charge in [-0.1, -0.05) is 54.1 Å². The van der Waals surface area contributed by atoms with Crippen LogP contribution in [0.4, 0.5) is 8.78 Å². The Labute approximate surface area is 132 Å². The second-order valence-electron chi connectivity index (χ2n) is 5.28. The van der Waals surface area contributed by atoms with E-state index in [1.165, 1.54) is 24.3 Å². The van der Waals surface area contributed by atoms with Gasteiger partial charge in [-0.15, -0.1) is 0 Å². The summed E-state index contributed by atoms with van der Waals surface area (Å²) in [5, 5.41) is 0. The predicted molar refractivity (Wildman–Crippen MR) is 81.4 cm³/mol. The highest BCUT2D eigenvalue weighted by molar-refractivity contribution is 6.13. The summed E-state index contributed by atoms with van der Waals surface area (Å²) < 4.78 is 32.5. The number of alkyl halides is 2. The van der Waals surface area contributed by atoms with E-state index in [2.05, 4.69) is 4.74 Å². The number of halogens is 2. The van der Waals surface area contributed by atoms with E-state index < -0.39 is 17.7 Å². The van der Waals surface area contributed by atoms with E-state index in [9.17, 15) is 18.4 Å². The first-order valence-electron chi connectivity index (χ1n) is 7.03. The molecule has 120 valence electrons. The van der Waals surface area contributed by atoms with Crippen LogP contribution in [-0.2, 0) is 16.1 Å². The third-order valence-electron chi connectivity index (χ3n) is 3.43. The van der Waals surface area contributed by atoms with E-state index in [4.69, 9.17) is 0 Å². The number of rotatable bonds is 5. The van der Waals surface area contributed by atoms with Crippen molar-refractivity contribution in [3.63, 3.8) is 0 Å². The van der Waals surface area contributed by atoms with E-state index in [1.807, 2.05) is 13.0 Å². The smallest absolute Gasteiger partial charge is 0.404 e. The Morgan fingerprint density at radius 3 is 2.30 bits per heavy atom. The van der Waals surface area contributed by atoms with Crippen molar-refractivity contribution < 1.29 is 23.1 Å². The molecule has 0 aliphatic carbocycles. The second-order valence-corrected chi connectivity index (χ2v) is 5.28. The quantitative estimate of drug-likeness (QED) is 0.477.